The van der Waals surface area contributed by atoms with Gasteiger partial charge in [-0.1, -0.05) is 6.92 Å². The van der Waals surface area contributed by atoms with Gasteiger partial charge < -0.3 is 14.6 Å². The average molecular weight is 274 g/mol. The van der Waals surface area contributed by atoms with E-state index in [4.69, 9.17) is 5.11 Å². The number of halogens is 2. The lowest BCUT2D eigenvalue weighted by Gasteiger charge is -2.24. The number of nitrogens with zero attached hydrogens (tertiary/aromatic N) is 2. The zero-order valence-electron chi connectivity index (χ0n) is 10.7. The molecule has 1 atom stereocenters. The molecule has 5 nitrogen and oxygen atoms in total. The molecule has 1 aromatic heterocycles. The maximum absolute atomic E-state index is 12.4. The summed E-state index contributed by atoms with van der Waals surface area (Å²) in [6.45, 7) is 1.05. The van der Waals surface area contributed by atoms with Crippen LogP contribution in [0.3, 0.4) is 0 Å². The molecule has 0 bridgehead atoms. The van der Waals surface area contributed by atoms with Crippen LogP contribution in [0.25, 0.3) is 0 Å². The van der Waals surface area contributed by atoms with Crippen molar-refractivity contribution in [2.75, 3.05) is 7.05 Å². The van der Waals surface area contributed by atoms with Gasteiger partial charge in [0.15, 0.2) is 0 Å². The molecule has 1 aromatic rings. The molecule has 0 aliphatic rings. The molecule has 0 aliphatic carbocycles. The summed E-state index contributed by atoms with van der Waals surface area (Å²) in [6.07, 6.45) is -0.965. The van der Waals surface area contributed by atoms with Crippen LogP contribution in [0.2, 0.25) is 0 Å². The van der Waals surface area contributed by atoms with E-state index in [1.54, 1.807) is 6.92 Å². The predicted octanol–water partition coefficient (Wildman–Crippen LogP) is 1.69. The lowest BCUT2D eigenvalue weighted by atomic mass is 10.2. The Balaban J connectivity index is 2.94. The monoisotopic (exact) mass is 274 g/mol. The second-order valence-electron chi connectivity index (χ2n) is 4.12. The number of carbonyl (C=O) groups excluding carboxylic acids is 1. The maximum atomic E-state index is 12.4. The Morgan fingerprint density at radius 2 is 2.11 bits per heavy atom. The number of likely N-dealkylation sites (N-methyl/N-ethyl adjacent to an activating group) is 1. The van der Waals surface area contributed by atoms with E-state index in [1.165, 1.54) is 25.4 Å². The molecular weight excluding hydrogens is 258 g/mol. The molecule has 1 amide bonds. The number of alkyl halides is 2. The molecule has 0 saturated heterocycles. The summed E-state index contributed by atoms with van der Waals surface area (Å²) in [5.41, 5.74) is 0.0579. The summed E-state index contributed by atoms with van der Waals surface area (Å²) in [4.78, 5) is 24.2. The third kappa shape index (κ3) is 3.52. The minimum Gasteiger partial charge on any atom is -0.480 e. The van der Waals surface area contributed by atoms with E-state index in [0.29, 0.717) is 0 Å². The number of hydrogen-bond donors (Lipinski definition) is 1. The minimum atomic E-state index is -2.58. The first-order valence-corrected chi connectivity index (χ1v) is 5.81. The van der Waals surface area contributed by atoms with Gasteiger partial charge in [-0.3, -0.25) is 4.79 Å². The SMILES string of the molecule is CCC(C(=O)O)N(C)C(=O)c1cccn1CC(F)F. The van der Waals surface area contributed by atoms with Gasteiger partial charge in [-0.25, -0.2) is 13.6 Å². The zero-order chi connectivity index (χ0) is 14.6. The van der Waals surface area contributed by atoms with E-state index in [1.807, 2.05) is 0 Å². The summed E-state index contributed by atoms with van der Waals surface area (Å²) >= 11 is 0. The van der Waals surface area contributed by atoms with E-state index < -0.39 is 30.9 Å². The number of carboxylic acid groups (broad SMARTS) is 1. The molecule has 0 radical (unpaired) electrons. The van der Waals surface area contributed by atoms with Crippen LogP contribution in [0.1, 0.15) is 23.8 Å². The fraction of sp³-hybridized carbons (Fsp3) is 0.500. The summed E-state index contributed by atoms with van der Waals surface area (Å²) < 4.78 is 25.8. The van der Waals surface area contributed by atoms with Crippen molar-refractivity contribution in [1.29, 1.82) is 0 Å². The lowest BCUT2D eigenvalue weighted by molar-refractivity contribution is -0.142. The first-order chi connectivity index (χ1) is 8.88. The Morgan fingerprint density at radius 3 is 2.58 bits per heavy atom. The Bertz CT molecular complexity index is 460. The molecule has 1 rings (SSSR count). The second kappa shape index (κ2) is 6.31. The zero-order valence-corrected chi connectivity index (χ0v) is 10.7. The highest BCUT2D eigenvalue weighted by Crippen LogP contribution is 2.12. The quantitative estimate of drug-likeness (QED) is 0.858. The van der Waals surface area contributed by atoms with Crippen molar-refractivity contribution >= 4 is 11.9 Å². The van der Waals surface area contributed by atoms with E-state index in [0.717, 1.165) is 9.47 Å². The van der Waals surface area contributed by atoms with E-state index in [2.05, 4.69) is 0 Å². The van der Waals surface area contributed by atoms with E-state index in [9.17, 15) is 18.4 Å². The van der Waals surface area contributed by atoms with Gasteiger partial charge in [0.2, 0.25) is 0 Å². The van der Waals surface area contributed by atoms with Crippen molar-refractivity contribution in [2.45, 2.75) is 32.4 Å². The van der Waals surface area contributed by atoms with Crippen LogP contribution in [0.15, 0.2) is 18.3 Å². The summed E-state index contributed by atoms with van der Waals surface area (Å²) in [5, 5.41) is 8.98. The van der Waals surface area contributed by atoms with Gasteiger partial charge in [-0.2, -0.15) is 0 Å². The van der Waals surface area contributed by atoms with Gasteiger partial charge in [0, 0.05) is 13.2 Å². The van der Waals surface area contributed by atoms with Crippen molar-refractivity contribution < 1.29 is 23.5 Å². The second-order valence-corrected chi connectivity index (χ2v) is 4.12. The fourth-order valence-electron chi connectivity index (χ4n) is 1.85. The van der Waals surface area contributed by atoms with Crippen molar-refractivity contribution in [1.82, 2.24) is 9.47 Å². The molecule has 0 aromatic carbocycles. The van der Waals surface area contributed by atoms with Gasteiger partial charge in [-0.15, -0.1) is 0 Å². The standard InChI is InChI=1S/C12H16F2N2O3/c1-3-8(12(18)19)15(2)11(17)9-5-4-6-16(9)7-10(13)14/h4-6,8,10H,3,7H2,1-2H3,(H,18,19). The summed E-state index contributed by atoms with van der Waals surface area (Å²) in [6, 6.07) is 1.91. The average Bonchev–Trinajstić information content (AvgIpc) is 2.75. The summed E-state index contributed by atoms with van der Waals surface area (Å²) in [5.74, 6) is -1.70. The smallest absolute Gasteiger partial charge is 0.326 e. The number of carbonyl (C=O) groups is 2. The topological polar surface area (TPSA) is 62.5 Å². The summed E-state index contributed by atoms with van der Waals surface area (Å²) in [7, 11) is 1.35. The van der Waals surface area contributed by atoms with Crippen LogP contribution in [-0.2, 0) is 11.3 Å². The fourth-order valence-corrected chi connectivity index (χ4v) is 1.85. The molecule has 0 fully saturated rings. The van der Waals surface area contributed by atoms with Crippen LogP contribution >= 0.6 is 0 Å². The van der Waals surface area contributed by atoms with Crippen LogP contribution in [0, 0.1) is 0 Å². The molecule has 0 saturated carbocycles. The third-order valence-corrected chi connectivity index (χ3v) is 2.84. The highest BCUT2D eigenvalue weighted by Gasteiger charge is 2.27. The molecule has 1 N–H and O–H groups in total. The minimum absolute atomic E-state index is 0.0579. The van der Waals surface area contributed by atoms with Gasteiger partial charge in [0.05, 0.1) is 6.54 Å². The Labute approximate surface area is 109 Å². The van der Waals surface area contributed by atoms with Crippen molar-refractivity contribution in [3.8, 4) is 0 Å². The number of carboxylic acids is 1. The third-order valence-electron chi connectivity index (χ3n) is 2.84. The normalized spacial score (nSPS) is 12.5. The van der Waals surface area contributed by atoms with Crippen molar-refractivity contribution in [3.05, 3.63) is 24.0 Å². The lowest BCUT2D eigenvalue weighted by Crippen LogP contribution is -2.42. The predicted molar refractivity (Wildman–Crippen MR) is 64.2 cm³/mol. The number of rotatable bonds is 6. The molecule has 106 valence electrons. The van der Waals surface area contributed by atoms with Gasteiger partial charge in [-0.05, 0) is 18.6 Å². The highest BCUT2D eigenvalue weighted by molar-refractivity contribution is 5.95. The number of amides is 1. The molecular formula is C12H16F2N2O3. The van der Waals surface area contributed by atoms with E-state index in [-0.39, 0.29) is 12.1 Å². The first-order valence-electron chi connectivity index (χ1n) is 5.81. The van der Waals surface area contributed by atoms with Gasteiger partial charge in [0.1, 0.15) is 11.7 Å². The molecule has 19 heavy (non-hydrogen) atoms. The van der Waals surface area contributed by atoms with Gasteiger partial charge >= 0.3 is 5.97 Å². The van der Waals surface area contributed by atoms with Crippen LogP contribution in [0.4, 0.5) is 8.78 Å². The molecule has 7 heteroatoms. The van der Waals surface area contributed by atoms with Crippen LogP contribution in [-0.4, -0.2) is 46.0 Å². The number of aliphatic carboxylic acids is 1. The molecule has 0 spiro atoms. The largest absolute Gasteiger partial charge is 0.480 e. The molecule has 1 heterocycles. The van der Waals surface area contributed by atoms with Crippen LogP contribution < -0.4 is 0 Å². The maximum Gasteiger partial charge on any atom is 0.326 e. The van der Waals surface area contributed by atoms with Crippen LogP contribution in [0.5, 0.6) is 0 Å². The Hall–Kier alpha value is -1.92. The van der Waals surface area contributed by atoms with E-state index >= 15 is 0 Å². The molecule has 1 unspecified atom stereocenters. The Kier molecular flexibility index (Phi) is 5.02. The number of aromatic nitrogens is 1. The first kappa shape index (κ1) is 15.1. The van der Waals surface area contributed by atoms with Crippen molar-refractivity contribution in [2.24, 2.45) is 0 Å². The Morgan fingerprint density at radius 1 is 1.47 bits per heavy atom. The van der Waals surface area contributed by atoms with Gasteiger partial charge in [0.25, 0.3) is 12.3 Å². The van der Waals surface area contributed by atoms with Crippen molar-refractivity contribution in [3.63, 3.8) is 0 Å². The molecule has 0 aliphatic heterocycles. The highest BCUT2D eigenvalue weighted by atomic mass is 19.3. The number of hydrogen-bond acceptors (Lipinski definition) is 2.